The van der Waals surface area contributed by atoms with Gasteiger partial charge in [-0.2, -0.15) is 0 Å². The molecule has 2 N–H and O–H groups in total. The summed E-state index contributed by atoms with van der Waals surface area (Å²) in [5.41, 5.74) is 0.0479. The number of methoxy groups -OCH3 is 2. The van der Waals surface area contributed by atoms with E-state index in [9.17, 15) is 9.59 Å². The number of ether oxygens (including phenoxy) is 3. The van der Waals surface area contributed by atoms with Gasteiger partial charge in [0.15, 0.2) is 0 Å². The molecule has 2 amide bonds. The largest absolute Gasteiger partial charge is 0.497 e. The van der Waals surface area contributed by atoms with Gasteiger partial charge in [-0.25, -0.2) is 0 Å². The Morgan fingerprint density at radius 2 is 1.57 bits per heavy atom. The minimum Gasteiger partial charge on any atom is -0.497 e. The monoisotopic (exact) mass is 384 g/mol. The van der Waals surface area contributed by atoms with Gasteiger partial charge in [-0.1, -0.05) is 0 Å². The van der Waals surface area contributed by atoms with E-state index >= 15 is 0 Å². The molecule has 7 heteroatoms. The zero-order chi connectivity index (χ0) is 20.1. The molecule has 1 fully saturated rings. The highest BCUT2D eigenvalue weighted by molar-refractivity contribution is 6.17. The van der Waals surface area contributed by atoms with Crippen molar-refractivity contribution in [3.63, 3.8) is 0 Å². The fourth-order valence-corrected chi connectivity index (χ4v) is 2.88. The molecule has 0 aromatic heterocycles. The van der Waals surface area contributed by atoms with Gasteiger partial charge in [-0.05, 0) is 56.2 Å². The van der Waals surface area contributed by atoms with Gasteiger partial charge in [0.25, 0.3) is 0 Å². The lowest BCUT2D eigenvalue weighted by Crippen LogP contribution is -2.35. The lowest BCUT2D eigenvalue weighted by Gasteiger charge is -2.17. The molecule has 0 heterocycles. The van der Waals surface area contributed by atoms with E-state index < -0.39 is 5.41 Å². The van der Waals surface area contributed by atoms with E-state index in [0.717, 1.165) is 5.75 Å². The Bertz CT molecular complexity index is 860. The van der Waals surface area contributed by atoms with E-state index in [1.54, 1.807) is 49.6 Å². The van der Waals surface area contributed by atoms with E-state index in [2.05, 4.69) is 10.6 Å². The number of benzene rings is 2. The van der Waals surface area contributed by atoms with Crippen LogP contribution in [0, 0.1) is 5.41 Å². The van der Waals surface area contributed by atoms with Crippen molar-refractivity contribution in [2.24, 2.45) is 5.41 Å². The molecular formula is C21H24N2O5. The van der Waals surface area contributed by atoms with E-state index in [4.69, 9.17) is 14.2 Å². The molecule has 2 aromatic rings. The second kappa shape index (κ2) is 8.21. The summed E-state index contributed by atoms with van der Waals surface area (Å²) in [6.45, 7) is 2.48. The van der Waals surface area contributed by atoms with Crippen LogP contribution in [0.1, 0.15) is 19.8 Å². The fourth-order valence-electron chi connectivity index (χ4n) is 2.88. The molecule has 0 bridgehead atoms. The quantitative estimate of drug-likeness (QED) is 0.681. The van der Waals surface area contributed by atoms with Crippen LogP contribution < -0.4 is 24.8 Å². The summed E-state index contributed by atoms with van der Waals surface area (Å²) in [5.74, 6) is 1.15. The first-order valence-electron chi connectivity index (χ1n) is 9.10. The average molecular weight is 384 g/mol. The van der Waals surface area contributed by atoms with Crippen molar-refractivity contribution >= 4 is 23.2 Å². The van der Waals surface area contributed by atoms with Crippen molar-refractivity contribution in [2.75, 3.05) is 31.5 Å². The topological polar surface area (TPSA) is 85.9 Å². The average Bonchev–Trinajstić information content (AvgIpc) is 3.52. The standard InChI is InChI=1S/C21H24N2O5/c1-4-28-15-7-5-14(6-8-15)22-19(24)21(11-12-21)20(25)23-17-10-9-16(26-2)13-18(17)27-3/h5-10,13H,4,11-12H2,1-3H3,(H,22,24)(H,23,25). The minimum atomic E-state index is -1.07. The smallest absolute Gasteiger partial charge is 0.240 e. The first-order valence-corrected chi connectivity index (χ1v) is 9.10. The molecule has 0 atom stereocenters. The zero-order valence-corrected chi connectivity index (χ0v) is 16.2. The van der Waals surface area contributed by atoms with Gasteiger partial charge in [-0.3, -0.25) is 9.59 Å². The molecule has 0 aliphatic heterocycles. The van der Waals surface area contributed by atoms with Gasteiger partial charge in [0.2, 0.25) is 11.8 Å². The lowest BCUT2D eigenvalue weighted by molar-refractivity contribution is -0.131. The van der Waals surface area contributed by atoms with Gasteiger partial charge in [0, 0.05) is 11.8 Å². The Morgan fingerprint density at radius 3 is 2.14 bits per heavy atom. The van der Waals surface area contributed by atoms with Crippen molar-refractivity contribution in [3.05, 3.63) is 42.5 Å². The van der Waals surface area contributed by atoms with Crippen molar-refractivity contribution < 1.29 is 23.8 Å². The minimum absolute atomic E-state index is 0.318. The van der Waals surface area contributed by atoms with E-state index in [1.165, 1.54) is 7.11 Å². The second-order valence-electron chi connectivity index (χ2n) is 6.51. The molecule has 7 nitrogen and oxygen atoms in total. The van der Waals surface area contributed by atoms with Gasteiger partial charge < -0.3 is 24.8 Å². The van der Waals surface area contributed by atoms with E-state index in [0.29, 0.717) is 42.3 Å². The van der Waals surface area contributed by atoms with E-state index in [1.807, 2.05) is 6.92 Å². The summed E-state index contributed by atoms with van der Waals surface area (Å²) in [4.78, 5) is 25.6. The third-order valence-electron chi connectivity index (χ3n) is 4.70. The second-order valence-corrected chi connectivity index (χ2v) is 6.51. The maximum Gasteiger partial charge on any atom is 0.240 e. The first kappa shape index (κ1) is 19.5. The van der Waals surface area contributed by atoms with Crippen LogP contribution in [0.2, 0.25) is 0 Å². The predicted octanol–water partition coefficient (Wildman–Crippen LogP) is 3.46. The Hall–Kier alpha value is -3.22. The van der Waals surface area contributed by atoms with Crippen molar-refractivity contribution in [1.82, 2.24) is 0 Å². The third kappa shape index (κ3) is 4.03. The molecule has 0 saturated heterocycles. The highest BCUT2D eigenvalue weighted by Crippen LogP contribution is 2.48. The van der Waals surface area contributed by atoms with Crippen molar-refractivity contribution in [3.8, 4) is 17.2 Å². The van der Waals surface area contributed by atoms with Crippen molar-refractivity contribution in [2.45, 2.75) is 19.8 Å². The molecule has 2 aromatic carbocycles. The van der Waals surface area contributed by atoms with Crippen LogP contribution in [0.25, 0.3) is 0 Å². The van der Waals surface area contributed by atoms with Crippen LogP contribution in [0.3, 0.4) is 0 Å². The van der Waals surface area contributed by atoms with Crippen LogP contribution >= 0.6 is 0 Å². The highest BCUT2D eigenvalue weighted by Gasteiger charge is 2.56. The van der Waals surface area contributed by atoms with Gasteiger partial charge >= 0.3 is 0 Å². The zero-order valence-electron chi connectivity index (χ0n) is 16.2. The maximum atomic E-state index is 12.8. The Labute approximate surface area is 164 Å². The van der Waals surface area contributed by atoms with E-state index in [-0.39, 0.29) is 11.8 Å². The molecule has 1 aliphatic carbocycles. The first-order chi connectivity index (χ1) is 13.5. The molecule has 0 spiro atoms. The summed E-state index contributed by atoms with van der Waals surface area (Å²) in [5, 5.41) is 5.63. The molecule has 0 unspecified atom stereocenters. The number of rotatable bonds is 8. The number of anilines is 2. The molecule has 3 rings (SSSR count). The lowest BCUT2D eigenvalue weighted by atomic mass is 10.0. The molecule has 148 valence electrons. The summed E-state index contributed by atoms with van der Waals surface area (Å²) in [6.07, 6.45) is 1.00. The number of hydrogen-bond acceptors (Lipinski definition) is 5. The predicted molar refractivity (Wildman–Crippen MR) is 106 cm³/mol. The van der Waals surface area contributed by atoms with Crippen molar-refractivity contribution in [1.29, 1.82) is 0 Å². The van der Waals surface area contributed by atoms with Gasteiger partial charge in [0.1, 0.15) is 22.7 Å². The molecule has 0 radical (unpaired) electrons. The Balaban J connectivity index is 1.68. The normalized spacial score (nSPS) is 14.0. The van der Waals surface area contributed by atoms with Crippen LogP contribution in [-0.2, 0) is 9.59 Å². The number of amides is 2. The summed E-state index contributed by atoms with van der Waals surface area (Å²) >= 11 is 0. The SMILES string of the molecule is CCOc1ccc(NC(=O)C2(C(=O)Nc3ccc(OC)cc3OC)CC2)cc1. The van der Waals surface area contributed by atoms with Crippen LogP contribution in [0.4, 0.5) is 11.4 Å². The highest BCUT2D eigenvalue weighted by atomic mass is 16.5. The van der Waals surface area contributed by atoms with Gasteiger partial charge in [-0.15, -0.1) is 0 Å². The number of carbonyl (C=O) groups excluding carboxylic acids is 2. The van der Waals surface area contributed by atoms with Crippen LogP contribution in [-0.4, -0.2) is 32.6 Å². The number of nitrogens with one attached hydrogen (secondary N) is 2. The summed E-state index contributed by atoms with van der Waals surface area (Å²) < 4.78 is 15.9. The fraction of sp³-hybridized carbons (Fsp3) is 0.333. The number of hydrogen-bond donors (Lipinski definition) is 2. The number of carbonyl (C=O) groups is 2. The Morgan fingerprint density at radius 1 is 0.929 bits per heavy atom. The molecular weight excluding hydrogens is 360 g/mol. The van der Waals surface area contributed by atoms with Crippen LogP contribution in [0.15, 0.2) is 42.5 Å². The summed E-state index contributed by atoms with van der Waals surface area (Å²) in [6, 6.07) is 12.2. The third-order valence-corrected chi connectivity index (χ3v) is 4.70. The molecule has 1 aliphatic rings. The Kier molecular flexibility index (Phi) is 5.73. The van der Waals surface area contributed by atoms with Gasteiger partial charge in [0.05, 0.1) is 26.5 Å². The maximum absolute atomic E-state index is 12.8. The summed E-state index contributed by atoms with van der Waals surface area (Å²) in [7, 11) is 3.06. The molecule has 1 saturated carbocycles. The molecule has 28 heavy (non-hydrogen) atoms. The van der Waals surface area contributed by atoms with Crippen LogP contribution in [0.5, 0.6) is 17.2 Å².